The Morgan fingerprint density at radius 3 is 2.33 bits per heavy atom. The molecule has 2 heterocycles. The van der Waals surface area contributed by atoms with Crippen LogP contribution in [0.15, 0.2) is 47.8 Å². The van der Waals surface area contributed by atoms with Gasteiger partial charge in [-0.15, -0.1) is 11.3 Å². The van der Waals surface area contributed by atoms with Gasteiger partial charge in [-0.3, -0.25) is 4.90 Å². The quantitative estimate of drug-likeness (QED) is 0.831. The lowest BCUT2D eigenvalue weighted by molar-refractivity contribution is 0.123. The molecule has 1 unspecified atom stereocenters. The first-order valence-corrected chi connectivity index (χ1v) is 8.71. The molecule has 0 bridgehead atoms. The van der Waals surface area contributed by atoms with E-state index in [9.17, 15) is 0 Å². The zero-order valence-electron chi connectivity index (χ0n) is 12.7. The minimum absolute atomic E-state index is 0.658. The number of piperazine rings is 1. The normalized spacial score (nSPS) is 18.7. The molecule has 3 rings (SSSR count). The molecule has 112 valence electrons. The standard InChI is InChI=1S/C18H24N2S/c1-16(18-8-5-13-21-18)14-19-9-11-20(12-10-19)15-17-6-3-2-4-7-17/h2-8,13,16H,9-12,14-15H2,1H3. The first-order valence-electron chi connectivity index (χ1n) is 7.83. The second kappa shape index (κ2) is 7.21. The van der Waals surface area contributed by atoms with Crippen LogP contribution < -0.4 is 0 Å². The Bertz CT molecular complexity index is 515. The maximum Gasteiger partial charge on any atom is 0.0234 e. The second-order valence-corrected chi connectivity index (χ2v) is 6.96. The maximum absolute atomic E-state index is 2.62. The van der Waals surface area contributed by atoms with Crippen LogP contribution in [0.25, 0.3) is 0 Å². The van der Waals surface area contributed by atoms with Crippen molar-refractivity contribution in [3.63, 3.8) is 0 Å². The molecule has 1 aliphatic rings. The summed E-state index contributed by atoms with van der Waals surface area (Å²) in [7, 11) is 0. The summed E-state index contributed by atoms with van der Waals surface area (Å²) in [6, 6.07) is 15.2. The van der Waals surface area contributed by atoms with Gasteiger partial charge in [0, 0.05) is 50.1 Å². The molecule has 3 heteroatoms. The first-order chi connectivity index (χ1) is 10.3. The summed E-state index contributed by atoms with van der Waals surface area (Å²) in [4.78, 5) is 6.70. The van der Waals surface area contributed by atoms with Crippen molar-refractivity contribution >= 4 is 11.3 Å². The highest BCUT2D eigenvalue weighted by Gasteiger charge is 2.19. The second-order valence-electron chi connectivity index (χ2n) is 5.98. The van der Waals surface area contributed by atoms with E-state index in [1.807, 2.05) is 11.3 Å². The lowest BCUT2D eigenvalue weighted by Crippen LogP contribution is -2.46. The SMILES string of the molecule is CC(CN1CCN(Cc2ccccc2)CC1)c1cccs1. The van der Waals surface area contributed by atoms with Crippen molar-refractivity contribution < 1.29 is 0 Å². The molecule has 0 radical (unpaired) electrons. The van der Waals surface area contributed by atoms with E-state index in [2.05, 4.69) is 64.6 Å². The van der Waals surface area contributed by atoms with Gasteiger partial charge in [-0.05, 0) is 17.0 Å². The molecule has 0 amide bonds. The number of thiophene rings is 1. The lowest BCUT2D eigenvalue weighted by Gasteiger charge is -2.35. The Kier molecular flexibility index (Phi) is 5.07. The summed E-state index contributed by atoms with van der Waals surface area (Å²) in [5, 5.41) is 2.18. The van der Waals surface area contributed by atoms with Gasteiger partial charge in [0.1, 0.15) is 0 Å². The molecule has 21 heavy (non-hydrogen) atoms. The molecule has 1 aromatic heterocycles. The van der Waals surface area contributed by atoms with Crippen LogP contribution in [0.2, 0.25) is 0 Å². The van der Waals surface area contributed by atoms with E-state index >= 15 is 0 Å². The van der Waals surface area contributed by atoms with Crippen LogP contribution in [-0.4, -0.2) is 42.5 Å². The molecule has 1 aliphatic heterocycles. The number of nitrogens with zero attached hydrogens (tertiary/aromatic N) is 2. The van der Waals surface area contributed by atoms with Crippen LogP contribution in [0.3, 0.4) is 0 Å². The van der Waals surface area contributed by atoms with Gasteiger partial charge in [0.05, 0.1) is 0 Å². The summed E-state index contributed by atoms with van der Waals surface area (Å²) in [6.07, 6.45) is 0. The van der Waals surface area contributed by atoms with E-state index in [1.165, 1.54) is 43.2 Å². The summed E-state index contributed by atoms with van der Waals surface area (Å²) < 4.78 is 0. The van der Waals surface area contributed by atoms with Crippen LogP contribution in [0, 0.1) is 0 Å². The van der Waals surface area contributed by atoms with Gasteiger partial charge in [-0.1, -0.05) is 43.3 Å². The lowest BCUT2D eigenvalue weighted by atomic mass is 10.1. The minimum Gasteiger partial charge on any atom is -0.300 e. The molecule has 1 fully saturated rings. The van der Waals surface area contributed by atoms with E-state index in [0.717, 1.165) is 6.54 Å². The molecule has 0 spiro atoms. The highest BCUT2D eigenvalue weighted by atomic mass is 32.1. The minimum atomic E-state index is 0.658. The van der Waals surface area contributed by atoms with Gasteiger partial charge in [-0.2, -0.15) is 0 Å². The third-order valence-corrected chi connectivity index (χ3v) is 5.38. The molecule has 2 aromatic rings. The Morgan fingerprint density at radius 2 is 1.67 bits per heavy atom. The summed E-state index contributed by atoms with van der Waals surface area (Å²) in [6.45, 7) is 9.40. The molecular formula is C18H24N2S. The molecular weight excluding hydrogens is 276 g/mol. The molecule has 1 saturated heterocycles. The predicted molar refractivity (Wildman–Crippen MR) is 90.9 cm³/mol. The van der Waals surface area contributed by atoms with Gasteiger partial charge in [0.2, 0.25) is 0 Å². The average molecular weight is 300 g/mol. The monoisotopic (exact) mass is 300 g/mol. The van der Waals surface area contributed by atoms with Crippen LogP contribution in [0.1, 0.15) is 23.3 Å². The van der Waals surface area contributed by atoms with E-state index in [4.69, 9.17) is 0 Å². The summed E-state index contributed by atoms with van der Waals surface area (Å²) in [5.74, 6) is 0.658. The maximum atomic E-state index is 2.62. The van der Waals surface area contributed by atoms with Gasteiger partial charge >= 0.3 is 0 Å². The van der Waals surface area contributed by atoms with Gasteiger partial charge < -0.3 is 4.90 Å². The van der Waals surface area contributed by atoms with Crippen molar-refractivity contribution in [2.24, 2.45) is 0 Å². The molecule has 1 aromatic carbocycles. The van der Waals surface area contributed by atoms with Crippen molar-refractivity contribution in [1.29, 1.82) is 0 Å². The number of hydrogen-bond donors (Lipinski definition) is 0. The fourth-order valence-corrected chi connectivity index (χ4v) is 3.80. The van der Waals surface area contributed by atoms with Gasteiger partial charge in [-0.25, -0.2) is 0 Å². The smallest absolute Gasteiger partial charge is 0.0234 e. The fraction of sp³-hybridized carbons (Fsp3) is 0.444. The van der Waals surface area contributed by atoms with Gasteiger partial charge in [0.25, 0.3) is 0 Å². The first kappa shape index (κ1) is 14.8. The third-order valence-electron chi connectivity index (χ3n) is 4.27. The summed E-state index contributed by atoms with van der Waals surface area (Å²) >= 11 is 1.88. The largest absolute Gasteiger partial charge is 0.300 e. The topological polar surface area (TPSA) is 6.48 Å². The van der Waals surface area contributed by atoms with Gasteiger partial charge in [0.15, 0.2) is 0 Å². The Balaban J connectivity index is 1.45. The molecule has 0 N–H and O–H groups in total. The van der Waals surface area contributed by atoms with Crippen molar-refractivity contribution in [1.82, 2.24) is 9.80 Å². The van der Waals surface area contributed by atoms with E-state index in [1.54, 1.807) is 0 Å². The van der Waals surface area contributed by atoms with Crippen LogP contribution in [0.5, 0.6) is 0 Å². The highest BCUT2D eigenvalue weighted by molar-refractivity contribution is 7.10. The van der Waals surface area contributed by atoms with Crippen molar-refractivity contribution in [3.05, 3.63) is 58.3 Å². The van der Waals surface area contributed by atoms with Crippen molar-refractivity contribution in [2.75, 3.05) is 32.7 Å². The average Bonchev–Trinajstić information content (AvgIpc) is 3.05. The molecule has 0 saturated carbocycles. The Hall–Kier alpha value is -1.16. The molecule has 2 nitrogen and oxygen atoms in total. The van der Waals surface area contributed by atoms with Crippen LogP contribution >= 0.6 is 11.3 Å². The Morgan fingerprint density at radius 1 is 0.952 bits per heavy atom. The number of hydrogen-bond acceptors (Lipinski definition) is 3. The Labute approximate surface area is 132 Å². The third kappa shape index (κ3) is 4.16. The molecule has 1 atom stereocenters. The van der Waals surface area contributed by atoms with E-state index in [-0.39, 0.29) is 0 Å². The van der Waals surface area contributed by atoms with Crippen LogP contribution in [0.4, 0.5) is 0 Å². The predicted octanol–water partition coefficient (Wildman–Crippen LogP) is 3.67. The number of benzene rings is 1. The van der Waals surface area contributed by atoms with Crippen molar-refractivity contribution in [2.45, 2.75) is 19.4 Å². The van der Waals surface area contributed by atoms with E-state index < -0.39 is 0 Å². The van der Waals surface area contributed by atoms with E-state index in [0.29, 0.717) is 5.92 Å². The van der Waals surface area contributed by atoms with Crippen molar-refractivity contribution in [3.8, 4) is 0 Å². The van der Waals surface area contributed by atoms with Crippen LogP contribution in [-0.2, 0) is 6.54 Å². The summed E-state index contributed by atoms with van der Waals surface area (Å²) in [5.41, 5.74) is 1.43. The number of rotatable bonds is 5. The fourth-order valence-electron chi connectivity index (χ4n) is 3.02. The highest BCUT2D eigenvalue weighted by Crippen LogP contribution is 2.22. The molecule has 0 aliphatic carbocycles. The zero-order chi connectivity index (χ0) is 14.5. The zero-order valence-corrected chi connectivity index (χ0v) is 13.6.